The van der Waals surface area contributed by atoms with Crippen LogP contribution in [-0.2, 0) is 9.84 Å². The maximum Gasteiger partial charge on any atom is 0.335 e. The number of rotatable bonds is 7. The molecular formula is C14H19NO5S. The van der Waals surface area contributed by atoms with Gasteiger partial charge >= 0.3 is 5.97 Å². The predicted molar refractivity (Wildman–Crippen MR) is 78.5 cm³/mol. The maximum absolute atomic E-state index is 11.3. The lowest BCUT2D eigenvalue weighted by Gasteiger charge is -2.10. The zero-order valence-corrected chi connectivity index (χ0v) is 12.4. The number of carbonyl (C=O) groups is 1. The second-order valence-corrected chi connectivity index (χ2v) is 7.38. The molecule has 0 bridgehead atoms. The van der Waals surface area contributed by atoms with Crippen molar-refractivity contribution in [2.45, 2.75) is 6.42 Å². The van der Waals surface area contributed by atoms with Crippen LogP contribution in [0.25, 0.3) is 0 Å². The first-order chi connectivity index (χ1) is 9.96. The second-order valence-electron chi connectivity index (χ2n) is 5.15. The molecule has 0 aliphatic carbocycles. The number of aromatic carboxylic acids is 1. The molecule has 1 aliphatic rings. The average molecular weight is 313 g/mol. The first kappa shape index (κ1) is 15.8. The van der Waals surface area contributed by atoms with Gasteiger partial charge in [0.1, 0.15) is 12.4 Å². The van der Waals surface area contributed by atoms with Gasteiger partial charge in [-0.3, -0.25) is 0 Å². The standard InChI is InChI=1S/C14H19NO5S/c16-14(17)12-2-1-3-13(8-12)20-6-5-15-9-11-4-7-21(18,19)10-11/h1-3,8,11,15H,4-7,9-10H2,(H,16,17). The van der Waals surface area contributed by atoms with Crippen LogP contribution in [0.4, 0.5) is 0 Å². The zero-order valence-electron chi connectivity index (χ0n) is 11.6. The Balaban J connectivity index is 1.66. The van der Waals surface area contributed by atoms with Gasteiger partial charge in [0, 0.05) is 6.54 Å². The van der Waals surface area contributed by atoms with Crippen LogP contribution < -0.4 is 10.1 Å². The topological polar surface area (TPSA) is 92.7 Å². The normalized spacial score (nSPS) is 20.3. The molecule has 1 aromatic carbocycles. The number of benzene rings is 1. The highest BCUT2D eigenvalue weighted by Crippen LogP contribution is 2.17. The van der Waals surface area contributed by atoms with Gasteiger partial charge < -0.3 is 15.2 Å². The van der Waals surface area contributed by atoms with Gasteiger partial charge in [-0.15, -0.1) is 0 Å². The summed E-state index contributed by atoms with van der Waals surface area (Å²) in [6, 6.07) is 6.32. The summed E-state index contributed by atoms with van der Waals surface area (Å²) < 4.78 is 28.1. The lowest BCUT2D eigenvalue weighted by atomic mass is 10.1. The van der Waals surface area contributed by atoms with Crippen molar-refractivity contribution in [2.24, 2.45) is 5.92 Å². The lowest BCUT2D eigenvalue weighted by Crippen LogP contribution is -2.27. The molecule has 0 spiro atoms. The third-order valence-corrected chi connectivity index (χ3v) is 5.23. The van der Waals surface area contributed by atoms with Crippen LogP contribution in [-0.4, -0.2) is 50.7 Å². The molecule has 6 nitrogen and oxygen atoms in total. The van der Waals surface area contributed by atoms with E-state index in [0.717, 1.165) is 6.42 Å². The molecule has 7 heteroatoms. The van der Waals surface area contributed by atoms with Gasteiger partial charge in [0.05, 0.1) is 17.1 Å². The Kier molecular flexibility index (Phi) is 5.19. The van der Waals surface area contributed by atoms with Crippen LogP contribution in [0.1, 0.15) is 16.8 Å². The molecule has 1 saturated heterocycles. The van der Waals surface area contributed by atoms with Crippen LogP contribution in [0.3, 0.4) is 0 Å². The van der Waals surface area contributed by atoms with E-state index in [9.17, 15) is 13.2 Å². The van der Waals surface area contributed by atoms with Crippen molar-refractivity contribution in [2.75, 3.05) is 31.2 Å². The fraction of sp³-hybridized carbons (Fsp3) is 0.500. The third kappa shape index (κ3) is 5.02. The van der Waals surface area contributed by atoms with E-state index in [-0.39, 0.29) is 23.0 Å². The number of hydrogen-bond donors (Lipinski definition) is 2. The monoisotopic (exact) mass is 313 g/mol. The summed E-state index contributed by atoms with van der Waals surface area (Å²) in [5.41, 5.74) is 0.191. The van der Waals surface area contributed by atoms with E-state index in [1.165, 1.54) is 12.1 Å². The fourth-order valence-corrected chi connectivity index (χ4v) is 4.16. The molecule has 2 N–H and O–H groups in total. The van der Waals surface area contributed by atoms with E-state index in [0.29, 0.717) is 25.4 Å². The molecular weight excluding hydrogens is 294 g/mol. The van der Waals surface area contributed by atoms with Crippen LogP contribution in [0.5, 0.6) is 5.75 Å². The Morgan fingerprint density at radius 2 is 2.24 bits per heavy atom. The van der Waals surface area contributed by atoms with E-state index in [2.05, 4.69) is 5.32 Å². The van der Waals surface area contributed by atoms with Gasteiger partial charge in [-0.05, 0) is 37.1 Å². The van der Waals surface area contributed by atoms with Crippen molar-refractivity contribution in [3.63, 3.8) is 0 Å². The average Bonchev–Trinajstić information content (AvgIpc) is 2.78. The number of hydrogen-bond acceptors (Lipinski definition) is 5. The van der Waals surface area contributed by atoms with Crippen LogP contribution in [0, 0.1) is 5.92 Å². The second kappa shape index (κ2) is 6.91. The number of ether oxygens (including phenoxy) is 1. The van der Waals surface area contributed by atoms with Gasteiger partial charge in [0.25, 0.3) is 0 Å². The number of nitrogens with one attached hydrogen (secondary N) is 1. The molecule has 1 atom stereocenters. The Bertz CT molecular complexity index is 599. The van der Waals surface area contributed by atoms with Crippen LogP contribution >= 0.6 is 0 Å². The van der Waals surface area contributed by atoms with Gasteiger partial charge in [0.2, 0.25) is 0 Å². The predicted octanol–water partition coefficient (Wildman–Crippen LogP) is 0.788. The summed E-state index contributed by atoms with van der Waals surface area (Å²) in [5, 5.41) is 12.0. The SMILES string of the molecule is O=C(O)c1cccc(OCCNCC2CCS(=O)(=O)C2)c1. The van der Waals surface area contributed by atoms with Crippen molar-refractivity contribution in [1.82, 2.24) is 5.32 Å². The van der Waals surface area contributed by atoms with E-state index in [4.69, 9.17) is 9.84 Å². The summed E-state index contributed by atoms with van der Waals surface area (Å²) in [5.74, 6) is 0.269. The van der Waals surface area contributed by atoms with Crippen molar-refractivity contribution < 1.29 is 23.1 Å². The number of sulfone groups is 1. The minimum Gasteiger partial charge on any atom is -0.492 e. The summed E-state index contributed by atoms with van der Waals surface area (Å²) in [6.45, 7) is 1.66. The highest BCUT2D eigenvalue weighted by atomic mass is 32.2. The highest BCUT2D eigenvalue weighted by Gasteiger charge is 2.27. The van der Waals surface area contributed by atoms with E-state index < -0.39 is 15.8 Å². The molecule has 2 rings (SSSR count). The van der Waals surface area contributed by atoms with Crippen LogP contribution in [0.2, 0.25) is 0 Å². The van der Waals surface area contributed by atoms with Gasteiger partial charge in [-0.25, -0.2) is 13.2 Å². The van der Waals surface area contributed by atoms with E-state index in [1.54, 1.807) is 12.1 Å². The van der Waals surface area contributed by atoms with Crippen molar-refractivity contribution in [3.8, 4) is 5.75 Å². The Hall–Kier alpha value is -1.60. The quantitative estimate of drug-likeness (QED) is 0.723. The molecule has 21 heavy (non-hydrogen) atoms. The minimum absolute atomic E-state index is 0.185. The van der Waals surface area contributed by atoms with Gasteiger partial charge in [0.15, 0.2) is 9.84 Å². The number of carboxylic acids is 1. The van der Waals surface area contributed by atoms with Crippen molar-refractivity contribution in [3.05, 3.63) is 29.8 Å². The first-order valence-corrected chi connectivity index (χ1v) is 8.66. The Morgan fingerprint density at radius 3 is 2.90 bits per heavy atom. The van der Waals surface area contributed by atoms with E-state index in [1.807, 2.05) is 0 Å². The molecule has 1 unspecified atom stereocenters. The molecule has 1 aromatic rings. The Labute approximate surface area is 124 Å². The maximum atomic E-state index is 11.3. The van der Waals surface area contributed by atoms with Gasteiger partial charge in [-0.1, -0.05) is 6.07 Å². The molecule has 0 saturated carbocycles. The van der Waals surface area contributed by atoms with E-state index >= 15 is 0 Å². The molecule has 1 aliphatic heterocycles. The molecule has 1 fully saturated rings. The summed E-state index contributed by atoms with van der Waals surface area (Å²) in [4.78, 5) is 10.8. The molecule has 0 aromatic heterocycles. The Morgan fingerprint density at radius 1 is 1.43 bits per heavy atom. The largest absolute Gasteiger partial charge is 0.492 e. The molecule has 0 radical (unpaired) electrons. The first-order valence-electron chi connectivity index (χ1n) is 6.83. The number of carboxylic acid groups (broad SMARTS) is 1. The summed E-state index contributed by atoms with van der Waals surface area (Å²) in [7, 11) is -2.82. The minimum atomic E-state index is -2.82. The molecule has 0 amide bonds. The highest BCUT2D eigenvalue weighted by molar-refractivity contribution is 7.91. The lowest BCUT2D eigenvalue weighted by molar-refractivity contribution is 0.0696. The summed E-state index contributed by atoms with van der Waals surface area (Å²) >= 11 is 0. The zero-order chi connectivity index (χ0) is 15.3. The third-order valence-electron chi connectivity index (χ3n) is 3.39. The molecule has 1 heterocycles. The fourth-order valence-electron chi connectivity index (χ4n) is 2.30. The van der Waals surface area contributed by atoms with Gasteiger partial charge in [-0.2, -0.15) is 0 Å². The summed E-state index contributed by atoms with van der Waals surface area (Å²) in [6.07, 6.45) is 0.719. The smallest absolute Gasteiger partial charge is 0.335 e. The molecule has 116 valence electrons. The van der Waals surface area contributed by atoms with Crippen LogP contribution in [0.15, 0.2) is 24.3 Å². The van der Waals surface area contributed by atoms with Crippen molar-refractivity contribution >= 4 is 15.8 Å². The van der Waals surface area contributed by atoms with Crippen molar-refractivity contribution in [1.29, 1.82) is 0 Å².